The minimum absolute atomic E-state index is 0.511. The second-order valence-corrected chi connectivity index (χ2v) is 5.33. The number of rotatable bonds is 2. The van der Waals surface area contributed by atoms with Crippen molar-refractivity contribution < 1.29 is 4.42 Å². The van der Waals surface area contributed by atoms with Gasteiger partial charge in [-0.1, -0.05) is 12.1 Å². The second-order valence-electron chi connectivity index (χ2n) is 4.37. The summed E-state index contributed by atoms with van der Waals surface area (Å²) in [7, 11) is 0. The molecule has 20 heavy (non-hydrogen) atoms. The minimum Gasteiger partial charge on any atom is -0.431 e. The van der Waals surface area contributed by atoms with Crippen LogP contribution < -0.4 is 5.73 Å². The Morgan fingerprint density at radius 2 is 2.15 bits per heavy atom. The quantitative estimate of drug-likeness (QED) is 0.724. The zero-order valence-electron chi connectivity index (χ0n) is 10.8. The molecule has 3 aromatic rings. The number of benzene rings is 2. The van der Waals surface area contributed by atoms with Crippen LogP contribution in [0.3, 0.4) is 0 Å². The first-order valence-corrected chi connectivity index (χ1v) is 6.82. The van der Waals surface area contributed by atoms with E-state index in [1.54, 1.807) is 18.2 Å². The number of hydrogen-bond acceptors (Lipinski definition) is 5. The lowest BCUT2D eigenvalue weighted by molar-refractivity contribution is 0.489. The third-order valence-electron chi connectivity index (χ3n) is 2.91. The maximum absolute atomic E-state index is 9.17. The van der Waals surface area contributed by atoms with E-state index in [2.05, 4.69) is 11.1 Å². The highest BCUT2D eigenvalue weighted by molar-refractivity contribution is 7.99. The van der Waals surface area contributed by atoms with E-state index in [1.165, 1.54) is 11.8 Å². The number of fused-ring (bicyclic) bond motifs is 1. The number of nitrogens with two attached hydrogens (primary N) is 1. The van der Waals surface area contributed by atoms with Crippen molar-refractivity contribution in [1.29, 1.82) is 5.26 Å². The Bertz CT molecular complexity index is 833. The van der Waals surface area contributed by atoms with Crippen molar-refractivity contribution in [3.05, 3.63) is 47.5 Å². The van der Waals surface area contributed by atoms with Crippen LogP contribution in [0.5, 0.6) is 0 Å². The molecule has 0 spiro atoms. The predicted octanol–water partition coefficient (Wildman–Crippen LogP) is 3.74. The van der Waals surface area contributed by atoms with E-state index in [0.29, 0.717) is 22.1 Å². The Labute approximate surface area is 120 Å². The summed E-state index contributed by atoms with van der Waals surface area (Å²) in [5.74, 6) is 0. The first-order valence-electron chi connectivity index (χ1n) is 6.01. The van der Waals surface area contributed by atoms with Crippen molar-refractivity contribution >= 4 is 28.5 Å². The standard InChI is InChI=1S/C15H11N3OS/c1-9-3-2-4-10(8-16)14(9)20-15-18-12-6-5-11(17)7-13(12)19-15/h2-7H,17H2,1H3. The Morgan fingerprint density at radius 3 is 2.95 bits per heavy atom. The monoisotopic (exact) mass is 281 g/mol. The molecule has 0 saturated heterocycles. The molecule has 0 saturated carbocycles. The van der Waals surface area contributed by atoms with E-state index < -0.39 is 0 Å². The van der Waals surface area contributed by atoms with Gasteiger partial charge in [0, 0.05) is 16.6 Å². The average molecular weight is 281 g/mol. The van der Waals surface area contributed by atoms with Crippen LogP contribution in [0.15, 0.2) is 50.9 Å². The van der Waals surface area contributed by atoms with E-state index in [9.17, 15) is 0 Å². The third kappa shape index (κ3) is 2.22. The number of nitrogen functional groups attached to an aromatic ring is 1. The van der Waals surface area contributed by atoms with Crippen LogP contribution in [0.4, 0.5) is 5.69 Å². The summed E-state index contributed by atoms with van der Waals surface area (Å²) in [6.07, 6.45) is 0. The summed E-state index contributed by atoms with van der Waals surface area (Å²) in [5.41, 5.74) is 9.41. The van der Waals surface area contributed by atoms with Gasteiger partial charge >= 0.3 is 0 Å². The lowest BCUT2D eigenvalue weighted by Crippen LogP contribution is -1.85. The van der Waals surface area contributed by atoms with Crippen LogP contribution in [0.25, 0.3) is 11.1 Å². The average Bonchev–Trinajstić information content (AvgIpc) is 2.82. The number of nitrogens with zero attached hydrogens (tertiary/aromatic N) is 2. The van der Waals surface area contributed by atoms with Crippen LogP contribution in [0, 0.1) is 18.3 Å². The lowest BCUT2D eigenvalue weighted by atomic mass is 10.1. The molecule has 0 aliphatic rings. The number of hydrogen-bond donors (Lipinski definition) is 1. The Balaban J connectivity index is 2.04. The summed E-state index contributed by atoms with van der Waals surface area (Å²) in [6, 6.07) is 13.2. The van der Waals surface area contributed by atoms with Crippen LogP contribution in [-0.4, -0.2) is 4.98 Å². The molecule has 0 amide bonds. The summed E-state index contributed by atoms with van der Waals surface area (Å²) in [5, 5.41) is 9.68. The summed E-state index contributed by atoms with van der Waals surface area (Å²) >= 11 is 1.36. The van der Waals surface area contributed by atoms with Gasteiger partial charge in [-0.2, -0.15) is 5.26 Å². The number of aryl methyl sites for hydroxylation is 1. The van der Waals surface area contributed by atoms with Gasteiger partial charge in [0.05, 0.1) is 5.56 Å². The van der Waals surface area contributed by atoms with E-state index in [0.717, 1.165) is 16.0 Å². The molecule has 2 N–H and O–H groups in total. The highest BCUT2D eigenvalue weighted by Crippen LogP contribution is 2.34. The lowest BCUT2D eigenvalue weighted by Gasteiger charge is -2.03. The molecule has 0 aliphatic carbocycles. The van der Waals surface area contributed by atoms with Crippen molar-refractivity contribution in [1.82, 2.24) is 4.98 Å². The van der Waals surface area contributed by atoms with Gasteiger partial charge in [-0.25, -0.2) is 4.98 Å². The maximum atomic E-state index is 9.17. The largest absolute Gasteiger partial charge is 0.431 e. The molecule has 0 radical (unpaired) electrons. The van der Waals surface area contributed by atoms with Gasteiger partial charge < -0.3 is 10.2 Å². The fourth-order valence-corrected chi connectivity index (χ4v) is 2.83. The van der Waals surface area contributed by atoms with Crippen LogP contribution in [0.1, 0.15) is 11.1 Å². The Morgan fingerprint density at radius 1 is 1.30 bits per heavy atom. The first kappa shape index (κ1) is 12.6. The van der Waals surface area contributed by atoms with Crippen LogP contribution in [-0.2, 0) is 0 Å². The van der Waals surface area contributed by atoms with E-state index >= 15 is 0 Å². The first-order chi connectivity index (χ1) is 9.67. The fraction of sp³-hybridized carbons (Fsp3) is 0.0667. The Kier molecular flexibility index (Phi) is 3.09. The molecule has 4 nitrogen and oxygen atoms in total. The van der Waals surface area contributed by atoms with E-state index in [1.807, 2.05) is 25.1 Å². The van der Waals surface area contributed by atoms with Gasteiger partial charge in [0.25, 0.3) is 5.22 Å². The summed E-state index contributed by atoms with van der Waals surface area (Å²) < 4.78 is 5.67. The van der Waals surface area contributed by atoms with E-state index in [-0.39, 0.29) is 0 Å². The van der Waals surface area contributed by atoms with Gasteiger partial charge in [0.1, 0.15) is 11.6 Å². The van der Waals surface area contributed by atoms with Crippen molar-refractivity contribution in [2.24, 2.45) is 0 Å². The minimum atomic E-state index is 0.511. The molecule has 2 aromatic carbocycles. The molecule has 0 atom stereocenters. The molecule has 98 valence electrons. The normalized spacial score (nSPS) is 10.6. The molecule has 0 fully saturated rings. The highest BCUT2D eigenvalue weighted by atomic mass is 32.2. The topological polar surface area (TPSA) is 75.8 Å². The number of aromatic nitrogens is 1. The van der Waals surface area contributed by atoms with Crippen molar-refractivity contribution in [2.75, 3.05) is 5.73 Å². The zero-order valence-corrected chi connectivity index (χ0v) is 11.6. The highest BCUT2D eigenvalue weighted by Gasteiger charge is 2.12. The van der Waals surface area contributed by atoms with Gasteiger partial charge in [-0.3, -0.25) is 0 Å². The van der Waals surface area contributed by atoms with Crippen molar-refractivity contribution in [3.8, 4) is 6.07 Å². The molecule has 0 aliphatic heterocycles. The van der Waals surface area contributed by atoms with Gasteiger partial charge in [-0.15, -0.1) is 0 Å². The number of anilines is 1. The Hall–Kier alpha value is -2.45. The van der Waals surface area contributed by atoms with Crippen molar-refractivity contribution in [2.45, 2.75) is 17.0 Å². The molecule has 1 heterocycles. The van der Waals surface area contributed by atoms with Crippen LogP contribution in [0.2, 0.25) is 0 Å². The summed E-state index contributed by atoms with van der Waals surface area (Å²) in [6.45, 7) is 1.96. The molecule has 0 unspecified atom stereocenters. The van der Waals surface area contributed by atoms with Gasteiger partial charge in [-0.05, 0) is 42.4 Å². The van der Waals surface area contributed by atoms with Crippen LogP contribution >= 0.6 is 11.8 Å². The summed E-state index contributed by atoms with van der Waals surface area (Å²) in [4.78, 5) is 5.27. The molecule has 1 aromatic heterocycles. The van der Waals surface area contributed by atoms with Gasteiger partial charge in [0.15, 0.2) is 5.58 Å². The van der Waals surface area contributed by atoms with E-state index in [4.69, 9.17) is 15.4 Å². The molecular weight excluding hydrogens is 270 g/mol. The van der Waals surface area contributed by atoms with Crippen molar-refractivity contribution in [3.63, 3.8) is 0 Å². The second kappa shape index (κ2) is 4.91. The number of nitriles is 1. The smallest absolute Gasteiger partial charge is 0.261 e. The third-order valence-corrected chi connectivity index (χ3v) is 4.01. The zero-order chi connectivity index (χ0) is 14.1. The maximum Gasteiger partial charge on any atom is 0.261 e. The molecular formula is C15H11N3OS. The number of oxazole rings is 1. The molecule has 5 heteroatoms. The molecule has 3 rings (SSSR count). The predicted molar refractivity (Wildman–Crippen MR) is 78.4 cm³/mol. The van der Waals surface area contributed by atoms with Gasteiger partial charge in [0.2, 0.25) is 0 Å². The SMILES string of the molecule is Cc1cccc(C#N)c1Sc1nc2ccc(N)cc2o1. The fourth-order valence-electron chi connectivity index (χ4n) is 1.93. The molecule has 0 bridgehead atoms.